The average molecular weight is 948 g/mol. The summed E-state index contributed by atoms with van der Waals surface area (Å²) < 4.78 is 12.2. The Morgan fingerprint density at radius 3 is 1.52 bits per heavy atom. The van der Waals surface area contributed by atoms with Gasteiger partial charge in [0.1, 0.15) is 11.6 Å². The van der Waals surface area contributed by atoms with Gasteiger partial charge in [-0.15, -0.1) is 0 Å². The van der Waals surface area contributed by atoms with Crippen LogP contribution in [0, 0.1) is 23.7 Å². The molecule has 334 valence electrons. The monoisotopic (exact) mass is 946 g/mol. The summed E-state index contributed by atoms with van der Waals surface area (Å²) in [7, 11) is 0. The van der Waals surface area contributed by atoms with Crippen LogP contribution >= 0.6 is 34.8 Å². The molecule has 2 saturated carbocycles. The van der Waals surface area contributed by atoms with Gasteiger partial charge in [-0.25, -0.2) is 0 Å². The second kappa shape index (κ2) is 18.2. The van der Waals surface area contributed by atoms with Crippen LogP contribution in [0.25, 0.3) is 22.3 Å². The third-order valence-electron chi connectivity index (χ3n) is 14.0. The largest absolute Gasteiger partial charge is 0.481 e. The van der Waals surface area contributed by atoms with Gasteiger partial charge in [-0.2, -0.15) is 0 Å². The van der Waals surface area contributed by atoms with Crippen molar-refractivity contribution in [1.82, 2.24) is 0 Å². The molecule has 0 heterocycles. The maximum Gasteiger partial charge on any atom is 0.315 e. The number of esters is 2. The maximum absolute atomic E-state index is 14.5. The molecule has 7 aromatic rings. The molecule has 0 bridgehead atoms. The van der Waals surface area contributed by atoms with Gasteiger partial charge < -0.3 is 19.7 Å². The summed E-state index contributed by atoms with van der Waals surface area (Å²) in [6.45, 7) is 0.0273. The third-order valence-corrected chi connectivity index (χ3v) is 15.3. The highest BCUT2D eigenvalue weighted by molar-refractivity contribution is 6.48. The summed E-state index contributed by atoms with van der Waals surface area (Å²) in [6, 6.07) is 52.3. The van der Waals surface area contributed by atoms with Crippen LogP contribution in [0.3, 0.4) is 0 Å². The van der Waals surface area contributed by atoms with Crippen molar-refractivity contribution in [2.75, 3.05) is 6.61 Å². The Bertz CT molecular complexity index is 3000. The van der Waals surface area contributed by atoms with Gasteiger partial charge in [0.2, 0.25) is 0 Å². The number of fused-ring (bicyclic) bond motifs is 3. The number of carbonyl (C=O) groups is 4. The van der Waals surface area contributed by atoms with Crippen molar-refractivity contribution in [2.24, 2.45) is 23.7 Å². The zero-order valence-corrected chi connectivity index (χ0v) is 37.8. The zero-order valence-electron chi connectivity index (χ0n) is 35.5. The van der Waals surface area contributed by atoms with Crippen LogP contribution in [0.1, 0.15) is 63.0 Å². The van der Waals surface area contributed by atoms with Crippen LogP contribution in [0.4, 0.5) is 0 Å². The van der Waals surface area contributed by atoms with Crippen molar-refractivity contribution in [2.45, 2.75) is 29.6 Å². The van der Waals surface area contributed by atoms with E-state index in [0.717, 1.165) is 44.5 Å². The quantitative estimate of drug-likeness (QED) is 0.0704. The summed E-state index contributed by atoms with van der Waals surface area (Å²) in [4.78, 5) is 54.9. The number of ether oxygens (including phenoxy) is 2. The number of benzene rings is 7. The summed E-state index contributed by atoms with van der Waals surface area (Å²) in [5.74, 6) is -9.48. The first-order valence-corrected chi connectivity index (χ1v) is 23.1. The second-order valence-electron chi connectivity index (χ2n) is 17.4. The zero-order chi connectivity index (χ0) is 46.5. The first-order chi connectivity index (χ1) is 32.5. The Labute approximate surface area is 401 Å². The third kappa shape index (κ3) is 7.77. The van der Waals surface area contributed by atoms with Crippen LogP contribution in [-0.2, 0) is 23.9 Å². The van der Waals surface area contributed by atoms with E-state index in [-0.39, 0.29) is 33.3 Å². The minimum atomic E-state index is -1.04. The SMILES string of the molecule is O=C(O)[C@@H]1[C@H](c2ccccc2)[C@@H](C(=O)Oc2ccc(Cl)c(Cl)c2Cl)[C@H]1c1cccc(-c2cccc3c2-c2ccccc2C3COC(=O)[C@H]2[C@@H](c3ccccc3)[C@H](C(=O)O)[C@@H]2c2ccccc2)c1. The van der Waals surface area contributed by atoms with Crippen molar-refractivity contribution in [1.29, 1.82) is 0 Å². The molecule has 0 aliphatic heterocycles. The molecule has 0 spiro atoms. The summed E-state index contributed by atoms with van der Waals surface area (Å²) in [5.41, 5.74) is 8.42. The number of halogens is 3. The maximum atomic E-state index is 14.5. The number of carboxylic acid groups (broad SMARTS) is 2. The van der Waals surface area contributed by atoms with Crippen molar-refractivity contribution in [3.8, 4) is 28.0 Å². The highest BCUT2D eigenvalue weighted by Gasteiger charge is 2.60. The fourth-order valence-corrected chi connectivity index (χ4v) is 11.7. The molecule has 1 unspecified atom stereocenters. The van der Waals surface area contributed by atoms with Gasteiger partial charge in [0.15, 0.2) is 5.75 Å². The summed E-state index contributed by atoms with van der Waals surface area (Å²) in [6.07, 6.45) is 0. The number of aliphatic carboxylic acids is 2. The van der Waals surface area contributed by atoms with Crippen molar-refractivity contribution < 1.29 is 38.9 Å². The molecule has 2 N–H and O–H groups in total. The lowest BCUT2D eigenvalue weighted by Gasteiger charge is -2.49. The van der Waals surface area contributed by atoms with Crippen molar-refractivity contribution in [3.05, 3.63) is 218 Å². The molecular weight excluding hydrogens is 907 g/mol. The molecule has 11 heteroatoms. The highest BCUT2D eigenvalue weighted by atomic mass is 35.5. The smallest absolute Gasteiger partial charge is 0.315 e. The molecule has 67 heavy (non-hydrogen) atoms. The van der Waals surface area contributed by atoms with Crippen LogP contribution < -0.4 is 4.74 Å². The molecule has 0 saturated heterocycles. The molecule has 0 amide bonds. The number of carbonyl (C=O) groups excluding carboxylic acids is 2. The molecule has 3 aliphatic carbocycles. The minimum Gasteiger partial charge on any atom is -0.481 e. The molecule has 7 atom stereocenters. The fourth-order valence-electron chi connectivity index (χ4n) is 11.1. The molecule has 2 fully saturated rings. The van der Waals surface area contributed by atoms with Crippen molar-refractivity contribution >= 4 is 58.7 Å². The lowest BCUT2D eigenvalue weighted by molar-refractivity contribution is -0.164. The molecule has 8 nitrogen and oxygen atoms in total. The van der Waals surface area contributed by atoms with E-state index in [1.54, 1.807) is 0 Å². The summed E-state index contributed by atoms with van der Waals surface area (Å²) in [5, 5.41) is 21.5. The number of rotatable bonds is 12. The Morgan fingerprint density at radius 1 is 0.463 bits per heavy atom. The molecule has 0 radical (unpaired) electrons. The van der Waals surface area contributed by atoms with Gasteiger partial charge in [-0.1, -0.05) is 193 Å². The van der Waals surface area contributed by atoms with Crippen molar-refractivity contribution in [3.63, 3.8) is 0 Å². The topological polar surface area (TPSA) is 127 Å². The normalized spacial score (nSPS) is 23.4. The second-order valence-corrected chi connectivity index (χ2v) is 18.5. The van der Waals surface area contributed by atoms with Gasteiger partial charge in [-0.3, -0.25) is 19.2 Å². The number of hydrogen-bond acceptors (Lipinski definition) is 6. The summed E-state index contributed by atoms with van der Waals surface area (Å²) >= 11 is 19.0. The number of hydrogen-bond donors (Lipinski definition) is 2. The van der Waals surface area contributed by atoms with E-state index in [4.69, 9.17) is 44.3 Å². The van der Waals surface area contributed by atoms with Crippen LogP contribution in [0.2, 0.25) is 15.1 Å². The van der Waals surface area contributed by atoms with Gasteiger partial charge in [0.25, 0.3) is 0 Å². The van der Waals surface area contributed by atoms with Gasteiger partial charge in [0.05, 0.1) is 33.7 Å². The van der Waals surface area contributed by atoms with Gasteiger partial charge in [-0.05, 0) is 67.8 Å². The van der Waals surface area contributed by atoms with E-state index < -0.39 is 71.2 Å². The Morgan fingerprint density at radius 2 is 0.940 bits per heavy atom. The lowest BCUT2D eigenvalue weighted by atomic mass is 9.52. The lowest BCUT2D eigenvalue weighted by Crippen LogP contribution is -2.52. The highest BCUT2D eigenvalue weighted by Crippen LogP contribution is 2.60. The van der Waals surface area contributed by atoms with Crippen LogP contribution in [-0.4, -0.2) is 40.7 Å². The predicted molar refractivity (Wildman–Crippen MR) is 257 cm³/mol. The van der Waals surface area contributed by atoms with E-state index in [1.165, 1.54) is 12.1 Å². The van der Waals surface area contributed by atoms with E-state index in [1.807, 2.05) is 158 Å². The van der Waals surface area contributed by atoms with E-state index >= 15 is 0 Å². The fraction of sp³-hybridized carbons (Fsp3) is 0.179. The van der Waals surface area contributed by atoms with Crippen LogP contribution in [0.5, 0.6) is 5.75 Å². The molecule has 7 aromatic carbocycles. The van der Waals surface area contributed by atoms with E-state index in [2.05, 4.69) is 0 Å². The van der Waals surface area contributed by atoms with Gasteiger partial charge >= 0.3 is 23.9 Å². The standard InChI is InChI=1S/C56H41Cl3O8/c57-40-26-27-41(52(59)51(40)58)67-56(65)50-44(32-18-8-3-9-19-32)48(54(62)63)45(50)34-21-12-20-33(28-34)35-24-13-25-38-39(36-22-10-11-23-37(36)46(35)38)29-66-55(64)49-42(30-14-4-1-5-15-30)47(53(60)61)43(49)31-16-6-2-7-17-31/h1-28,39,42-45,47-50H,29H2,(H,60,61)(H,62,63)/t39?,42-,43-,44-,45-,47-,48+,49-,50+/m0/s1. The molecule has 10 rings (SSSR count). The average Bonchev–Trinajstić information content (AvgIpc) is 3.65. The molecule has 3 aliphatic rings. The first-order valence-electron chi connectivity index (χ1n) is 22.0. The van der Waals surface area contributed by atoms with E-state index in [0.29, 0.717) is 11.1 Å². The minimum absolute atomic E-state index is 0.0158. The van der Waals surface area contributed by atoms with Gasteiger partial charge in [0, 0.05) is 29.6 Å². The van der Waals surface area contributed by atoms with E-state index in [9.17, 15) is 29.4 Å². The predicted octanol–water partition coefficient (Wildman–Crippen LogP) is 12.7. The first kappa shape index (κ1) is 44.1. The Balaban J connectivity index is 0.982. The Kier molecular flexibility index (Phi) is 12.0. The Hall–Kier alpha value is -6.71. The molecular formula is C56H41Cl3O8. The molecule has 0 aromatic heterocycles. The number of carboxylic acids is 2. The van der Waals surface area contributed by atoms with Crippen LogP contribution in [0.15, 0.2) is 170 Å².